The molecule has 1 fully saturated rings. The lowest BCUT2D eigenvalue weighted by molar-refractivity contribution is -0.0363. The van der Waals surface area contributed by atoms with Gasteiger partial charge in [0, 0.05) is 28.8 Å². The Bertz CT molecular complexity index is 1200. The number of phenols is 1. The van der Waals surface area contributed by atoms with Gasteiger partial charge in [-0.3, -0.25) is 0 Å². The number of hydrogen-bond acceptors (Lipinski definition) is 6. The van der Waals surface area contributed by atoms with Gasteiger partial charge in [0.1, 0.15) is 22.8 Å². The Labute approximate surface area is 212 Å². The van der Waals surface area contributed by atoms with Gasteiger partial charge < -0.3 is 29.0 Å². The second kappa shape index (κ2) is 10.7. The average molecular weight is 494 g/mol. The molecule has 36 heavy (non-hydrogen) atoms. The number of amides is 1. The Morgan fingerprint density at radius 3 is 2.36 bits per heavy atom. The first-order valence-corrected chi connectivity index (χ1v) is 12.2. The summed E-state index contributed by atoms with van der Waals surface area (Å²) in [6, 6.07) is 17.1. The summed E-state index contributed by atoms with van der Waals surface area (Å²) in [4.78, 5) is 14.5. The van der Waals surface area contributed by atoms with Crippen molar-refractivity contribution in [1.82, 2.24) is 4.90 Å². The van der Waals surface area contributed by atoms with Crippen LogP contribution in [0.2, 0.25) is 0 Å². The third kappa shape index (κ3) is 5.68. The van der Waals surface area contributed by atoms with E-state index in [1.165, 1.54) is 0 Å². The molecule has 2 atom stereocenters. The molecule has 0 spiro atoms. The minimum atomic E-state index is -0.573. The largest absolute Gasteiger partial charge is 0.508 e. The molecule has 1 heterocycles. The van der Waals surface area contributed by atoms with Crippen LogP contribution in [-0.2, 0) is 16.1 Å². The zero-order chi connectivity index (χ0) is 25.9. The van der Waals surface area contributed by atoms with Crippen molar-refractivity contribution in [2.75, 3.05) is 27.3 Å². The lowest BCUT2D eigenvalue weighted by Crippen LogP contribution is -2.48. The van der Waals surface area contributed by atoms with Crippen LogP contribution in [0, 0.1) is 0 Å². The van der Waals surface area contributed by atoms with E-state index in [0.717, 1.165) is 33.4 Å². The Kier molecular flexibility index (Phi) is 7.59. The zero-order valence-corrected chi connectivity index (χ0v) is 21.6. The van der Waals surface area contributed by atoms with Crippen LogP contribution in [0.5, 0.6) is 17.2 Å². The fraction of sp³-hybridized carbons (Fsp3) is 0.414. The van der Waals surface area contributed by atoms with E-state index in [4.69, 9.17) is 18.9 Å². The molecule has 1 N–H and O–H groups in total. The van der Waals surface area contributed by atoms with Crippen LogP contribution < -0.4 is 9.47 Å². The van der Waals surface area contributed by atoms with Crippen LogP contribution in [0.1, 0.15) is 44.2 Å². The number of likely N-dealkylation sites (tertiary alicyclic amines) is 1. The van der Waals surface area contributed by atoms with Gasteiger partial charge in [-0.1, -0.05) is 36.4 Å². The zero-order valence-electron chi connectivity index (χ0n) is 21.6. The van der Waals surface area contributed by atoms with Gasteiger partial charge in [0.15, 0.2) is 0 Å². The highest BCUT2D eigenvalue weighted by Crippen LogP contribution is 2.38. The van der Waals surface area contributed by atoms with Gasteiger partial charge in [0.2, 0.25) is 0 Å². The van der Waals surface area contributed by atoms with E-state index >= 15 is 0 Å². The van der Waals surface area contributed by atoms with Crippen molar-refractivity contribution in [2.24, 2.45) is 0 Å². The molecule has 192 valence electrons. The van der Waals surface area contributed by atoms with Crippen molar-refractivity contribution in [3.63, 3.8) is 0 Å². The normalized spacial score (nSPS) is 18.2. The smallest absolute Gasteiger partial charge is 0.410 e. The van der Waals surface area contributed by atoms with Crippen LogP contribution >= 0.6 is 0 Å². The second-order valence-electron chi connectivity index (χ2n) is 10.1. The highest BCUT2D eigenvalue weighted by Gasteiger charge is 2.35. The topological polar surface area (TPSA) is 77.5 Å². The first-order valence-electron chi connectivity index (χ1n) is 12.2. The third-order valence-corrected chi connectivity index (χ3v) is 6.44. The Hall–Kier alpha value is -3.45. The Morgan fingerprint density at radius 1 is 1.03 bits per heavy atom. The van der Waals surface area contributed by atoms with Crippen molar-refractivity contribution < 1.29 is 28.8 Å². The Morgan fingerprint density at radius 2 is 1.72 bits per heavy atom. The summed E-state index contributed by atoms with van der Waals surface area (Å²) in [5, 5.41) is 11.7. The molecular weight excluding hydrogens is 458 g/mol. The van der Waals surface area contributed by atoms with Gasteiger partial charge in [-0.25, -0.2) is 4.79 Å². The van der Waals surface area contributed by atoms with Gasteiger partial charge in [0.05, 0.1) is 33.5 Å². The summed E-state index contributed by atoms with van der Waals surface area (Å²) in [6.45, 7) is 6.83. The van der Waals surface area contributed by atoms with E-state index < -0.39 is 5.60 Å². The summed E-state index contributed by atoms with van der Waals surface area (Å²) in [5.41, 5.74) is 1.35. The van der Waals surface area contributed by atoms with Gasteiger partial charge in [-0.05, 0) is 51.0 Å². The summed E-state index contributed by atoms with van der Waals surface area (Å²) in [5.74, 6) is 1.76. The number of carbonyl (C=O) groups excluding carboxylic acids is 1. The number of aromatic hydroxyl groups is 1. The van der Waals surface area contributed by atoms with Crippen LogP contribution in [0.4, 0.5) is 4.79 Å². The number of phenolic OH excluding ortho intramolecular Hbond substituents is 1. The summed E-state index contributed by atoms with van der Waals surface area (Å²) < 4.78 is 23.6. The fourth-order valence-electron chi connectivity index (χ4n) is 4.77. The number of ether oxygens (including phenoxy) is 4. The average Bonchev–Trinajstić information content (AvgIpc) is 2.86. The maximum atomic E-state index is 12.8. The molecular formula is C29H35NO6. The monoisotopic (exact) mass is 493 g/mol. The van der Waals surface area contributed by atoms with E-state index in [-0.39, 0.29) is 30.5 Å². The molecule has 1 aliphatic rings. The number of carbonyl (C=O) groups is 1. The molecule has 7 nitrogen and oxygen atoms in total. The molecule has 3 aromatic rings. The number of piperidine rings is 1. The number of fused-ring (bicyclic) bond motifs is 1. The van der Waals surface area contributed by atoms with E-state index in [9.17, 15) is 9.90 Å². The molecule has 1 amide bonds. The standard InChI is InChI=1S/C29H35NO6/c1-29(2,3)36-28(32)30-15-14-22(19-10-12-21(31)13-11-19)26(17-30)35-18-20-16-25(33-4)23-8-6-7-9-24(23)27(20)34-5/h6-13,16,22,26,31H,14-15,17-18H2,1-5H3. The van der Waals surface area contributed by atoms with Gasteiger partial charge in [-0.2, -0.15) is 0 Å². The summed E-state index contributed by atoms with van der Waals surface area (Å²) in [6.07, 6.45) is 0.0931. The molecule has 0 saturated carbocycles. The highest BCUT2D eigenvalue weighted by molar-refractivity contribution is 5.94. The van der Waals surface area contributed by atoms with E-state index in [0.29, 0.717) is 19.5 Å². The first kappa shape index (κ1) is 25.6. The molecule has 0 aromatic heterocycles. The molecule has 1 aliphatic heterocycles. The molecule has 1 saturated heterocycles. The van der Waals surface area contributed by atoms with Crippen molar-refractivity contribution in [3.05, 3.63) is 65.7 Å². The quantitative estimate of drug-likeness (QED) is 0.463. The van der Waals surface area contributed by atoms with E-state index in [1.54, 1.807) is 31.3 Å². The summed E-state index contributed by atoms with van der Waals surface area (Å²) in [7, 11) is 3.31. The minimum Gasteiger partial charge on any atom is -0.508 e. The molecule has 0 radical (unpaired) electrons. The van der Waals surface area contributed by atoms with Crippen LogP contribution in [-0.4, -0.2) is 55.1 Å². The number of methoxy groups -OCH3 is 2. The molecule has 7 heteroatoms. The number of hydrogen-bond donors (Lipinski definition) is 1. The molecule has 4 rings (SSSR count). The maximum absolute atomic E-state index is 12.8. The SMILES string of the molecule is COc1cc(COC2CN(C(=O)OC(C)(C)C)CCC2c2ccc(O)cc2)c(OC)c2ccccc12. The van der Waals surface area contributed by atoms with Crippen molar-refractivity contribution >= 4 is 16.9 Å². The molecule has 0 aliphatic carbocycles. The number of nitrogens with zero attached hydrogens (tertiary/aromatic N) is 1. The van der Waals surface area contributed by atoms with Gasteiger partial charge in [0.25, 0.3) is 0 Å². The van der Waals surface area contributed by atoms with Crippen LogP contribution in [0.25, 0.3) is 10.8 Å². The van der Waals surface area contributed by atoms with Crippen LogP contribution in [0.15, 0.2) is 54.6 Å². The van der Waals surface area contributed by atoms with Crippen molar-refractivity contribution in [2.45, 2.75) is 51.4 Å². The lowest BCUT2D eigenvalue weighted by Gasteiger charge is -2.39. The van der Waals surface area contributed by atoms with E-state index in [1.807, 2.05) is 63.2 Å². The molecule has 2 unspecified atom stereocenters. The maximum Gasteiger partial charge on any atom is 0.410 e. The Balaban J connectivity index is 1.62. The van der Waals surface area contributed by atoms with Crippen LogP contribution in [0.3, 0.4) is 0 Å². The van der Waals surface area contributed by atoms with Crippen molar-refractivity contribution in [1.29, 1.82) is 0 Å². The second-order valence-corrected chi connectivity index (χ2v) is 10.1. The lowest BCUT2D eigenvalue weighted by atomic mass is 9.87. The highest BCUT2D eigenvalue weighted by atomic mass is 16.6. The van der Waals surface area contributed by atoms with Crippen molar-refractivity contribution in [3.8, 4) is 17.2 Å². The predicted molar refractivity (Wildman–Crippen MR) is 139 cm³/mol. The first-order chi connectivity index (χ1) is 17.2. The number of benzene rings is 3. The molecule has 0 bridgehead atoms. The van der Waals surface area contributed by atoms with Gasteiger partial charge in [-0.15, -0.1) is 0 Å². The minimum absolute atomic E-state index is 0.0534. The van der Waals surface area contributed by atoms with Gasteiger partial charge >= 0.3 is 6.09 Å². The molecule has 3 aromatic carbocycles. The third-order valence-electron chi connectivity index (χ3n) is 6.44. The number of rotatable bonds is 6. The summed E-state index contributed by atoms with van der Waals surface area (Å²) >= 11 is 0. The fourth-order valence-corrected chi connectivity index (χ4v) is 4.77. The van der Waals surface area contributed by atoms with E-state index in [2.05, 4.69) is 0 Å². The predicted octanol–water partition coefficient (Wildman–Crippen LogP) is 5.87.